The molecule has 1 aromatic carbocycles. The highest BCUT2D eigenvalue weighted by Crippen LogP contribution is 2.32. The predicted molar refractivity (Wildman–Crippen MR) is 76.3 cm³/mol. The number of benzene rings is 1. The zero-order valence-corrected chi connectivity index (χ0v) is 11.4. The molecule has 1 aliphatic heterocycles. The molecular formula is C14H13N5O2. The number of rotatable bonds is 3. The van der Waals surface area contributed by atoms with Crippen molar-refractivity contribution >= 4 is 17.0 Å². The highest BCUT2D eigenvalue weighted by Gasteiger charge is 2.13. The smallest absolute Gasteiger partial charge is 0.231 e. The molecule has 4 rings (SSSR count). The molecule has 0 amide bonds. The van der Waals surface area contributed by atoms with Gasteiger partial charge in [-0.15, -0.1) is 0 Å². The second kappa shape index (κ2) is 4.62. The molecule has 0 unspecified atom stereocenters. The van der Waals surface area contributed by atoms with Crippen LogP contribution < -0.4 is 14.8 Å². The fourth-order valence-electron chi connectivity index (χ4n) is 2.31. The zero-order chi connectivity index (χ0) is 14.2. The Hall–Kier alpha value is -2.83. The second-order valence-corrected chi connectivity index (χ2v) is 4.78. The molecule has 0 atom stereocenters. The summed E-state index contributed by atoms with van der Waals surface area (Å²) in [6.07, 6.45) is 1.50. The minimum Gasteiger partial charge on any atom is -0.454 e. The average molecular weight is 283 g/mol. The van der Waals surface area contributed by atoms with Crippen molar-refractivity contribution < 1.29 is 9.47 Å². The maximum Gasteiger partial charge on any atom is 0.231 e. The van der Waals surface area contributed by atoms with Crippen LogP contribution in [-0.4, -0.2) is 26.7 Å². The lowest BCUT2D eigenvalue weighted by Gasteiger charge is -2.06. The number of imidazole rings is 1. The van der Waals surface area contributed by atoms with Gasteiger partial charge in [-0.25, -0.2) is 15.0 Å². The van der Waals surface area contributed by atoms with Gasteiger partial charge >= 0.3 is 0 Å². The molecule has 0 fully saturated rings. The Balaban J connectivity index is 1.58. The number of aromatic nitrogens is 4. The van der Waals surface area contributed by atoms with Crippen molar-refractivity contribution in [3.8, 4) is 11.5 Å². The maximum atomic E-state index is 5.37. The first-order valence-electron chi connectivity index (χ1n) is 6.59. The number of aromatic amines is 1. The molecule has 0 bridgehead atoms. The van der Waals surface area contributed by atoms with Crippen LogP contribution in [0.4, 0.5) is 5.82 Å². The summed E-state index contributed by atoms with van der Waals surface area (Å²) >= 11 is 0. The molecule has 3 heterocycles. The first-order chi connectivity index (χ1) is 10.3. The van der Waals surface area contributed by atoms with Gasteiger partial charge in [0.1, 0.15) is 17.7 Å². The van der Waals surface area contributed by atoms with Crippen LogP contribution in [0, 0.1) is 6.92 Å². The third kappa shape index (κ3) is 2.12. The van der Waals surface area contributed by atoms with Gasteiger partial charge in [0, 0.05) is 6.54 Å². The number of hydrogen-bond acceptors (Lipinski definition) is 6. The van der Waals surface area contributed by atoms with Gasteiger partial charge in [-0.3, -0.25) is 0 Å². The number of ether oxygens (including phenoxy) is 2. The summed E-state index contributed by atoms with van der Waals surface area (Å²) in [6.45, 7) is 2.80. The van der Waals surface area contributed by atoms with Gasteiger partial charge in [-0.05, 0) is 24.6 Å². The first kappa shape index (κ1) is 12.0. The van der Waals surface area contributed by atoms with Crippen molar-refractivity contribution in [2.45, 2.75) is 13.5 Å². The van der Waals surface area contributed by atoms with E-state index >= 15 is 0 Å². The maximum absolute atomic E-state index is 5.37. The molecule has 2 N–H and O–H groups in total. The van der Waals surface area contributed by atoms with Crippen LogP contribution in [0.1, 0.15) is 11.4 Å². The van der Waals surface area contributed by atoms with E-state index in [2.05, 4.69) is 25.3 Å². The van der Waals surface area contributed by atoms with E-state index in [0.29, 0.717) is 12.2 Å². The lowest BCUT2D eigenvalue weighted by Crippen LogP contribution is -2.02. The number of H-pyrrole nitrogens is 1. The predicted octanol–water partition coefficient (Wildman–Crippen LogP) is 2.00. The molecular weight excluding hydrogens is 270 g/mol. The number of fused-ring (bicyclic) bond motifs is 2. The zero-order valence-electron chi connectivity index (χ0n) is 11.4. The van der Waals surface area contributed by atoms with Crippen molar-refractivity contribution in [1.29, 1.82) is 0 Å². The molecule has 0 spiro atoms. The van der Waals surface area contributed by atoms with E-state index in [-0.39, 0.29) is 6.79 Å². The van der Waals surface area contributed by atoms with Crippen molar-refractivity contribution in [2.24, 2.45) is 0 Å². The SMILES string of the molecule is Cc1nc2ncnc(NCc3ccc4c(c3)OCO4)c2[nH]1. The lowest BCUT2D eigenvalue weighted by molar-refractivity contribution is 0.174. The third-order valence-electron chi connectivity index (χ3n) is 3.30. The molecule has 1 aliphatic rings. The number of nitrogens with one attached hydrogen (secondary N) is 2. The summed E-state index contributed by atoms with van der Waals surface area (Å²) in [5.41, 5.74) is 2.56. The summed E-state index contributed by atoms with van der Waals surface area (Å²) in [4.78, 5) is 15.8. The van der Waals surface area contributed by atoms with Gasteiger partial charge < -0.3 is 19.8 Å². The Bertz CT molecular complexity index is 814. The van der Waals surface area contributed by atoms with Gasteiger partial charge in [0.15, 0.2) is 23.0 Å². The van der Waals surface area contributed by atoms with E-state index in [9.17, 15) is 0 Å². The third-order valence-corrected chi connectivity index (χ3v) is 3.30. The quantitative estimate of drug-likeness (QED) is 0.764. The van der Waals surface area contributed by atoms with Crippen molar-refractivity contribution in [1.82, 2.24) is 19.9 Å². The monoisotopic (exact) mass is 283 g/mol. The largest absolute Gasteiger partial charge is 0.454 e. The minimum atomic E-state index is 0.284. The van der Waals surface area contributed by atoms with Crippen LogP contribution in [0.5, 0.6) is 11.5 Å². The van der Waals surface area contributed by atoms with Crippen LogP contribution in [0.25, 0.3) is 11.2 Å². The molecule has 7 heteroatoms. The number of hydrogen-bond donors (Lipinski definition) is 2. The number of nitrogens with zero attached hydrogens (tertiary/aromatic N) is 3. The normalized spacial score (nSPS) is 12.8. The molecule has 0 saturated carbocycles. The minimum absolute atomic E-state index is 0.284. The highest BCUT2D eigenvalue weighted by molar-refractivity contribution is 5.82. The Morgan fingerprint density at radius 2 is 2.14 bits per heavy atom. The fourth-order valence-corrected chi connectivity index (χ4v) is 2.31. The molecule has 106 valence electrons. The van der Waals surface area contributed by atoms with Gasteiger partial charge in [-0.1, -0.05) is 6.07 Å². The van der Waals surface area contributed by atoms with Crippen LogP contribution in [-0.2, 0) is 6.54 Å². The lowest BCUT2D eigenvalue weighted by atomic mass is 10.2. The van der Waals surface area contributed by atoms with Crippen LogP contribution in [0.15, 0.2) is 24.5 Å². The molecule has 21 heavy (non-hydrogen) atoms. The van der Waals surface area contributed by atoms with Crippen molar-refractivity contribution in [3.05, 3.63) is 35.9 Å². The second-order valence-electron chi connectivity index (χ2n) is 4.78. The molecule has 2 aromatic heterocycles. The van der Waals surface area contributed by atoms with E-state index in [0.717, 1.165) is 34.2 Å². The van der Waals surface area contributed by atoms with Gasteiger partial charge in [0.2, 0.25) is 6.79 Å². The summed E-state index contributed by atoms with van der Waals surface area (Å²) in [7, 11) is 0. The van der Waals surface area contributed by atoms with E-state index in [1.165, 1.54) is 6.33 Å². The number of aryl methyl sites for hydroxylation is 1. The number of anilines is 1. The average Bonchev–Trinajstić information content (AvgIpc) is 3.09. The Kier molecular flexibility index (Phi) is 2.63. The van der Waals surface area contributed by atoms with Gasteiger partial charge in [-0.2, -0.15) is 0 Å². The Morgan fingerprint density at radius 3 is 3.10 bits per heavy atom. The Morgan fingerprint density at radius 1 is 1.24 bits per heavy atom. The summed E-state index contributed by atoms with van der Waals surface area (Å²) in [5.74, 6) is 3.11. The highest BCUT2D eigenvalue weighted by atomic mass is 16.7. The summed E-state index contributed by atoms with van der Waals surface area (Å²) < 4.78 is 10.7. The summed E-state index contributed by atoms with van der Waals surface area (Å²) in [5, 5.41) is 3.29. The van der Waals surface area contributed by atoms with Gasteiger partial charge in [0.05, 0.1) is 0 Å². The summed E-state index contributed by atoms with van der Waals surface area (Å²) in [6, 6.07) is 5.87. The molecule has 3 aromatic rings. The van der Waals surface area contributed by atoms with E-state index in [1.807, 2.05) is 25.1 Å². The van der Waals surface area contributed by atoms with E-state index < -0.39 is 0 Å². The Labute approximate surface area is 120 Å². The van der Waals surface area contributed by atoms with E-state index in [1.54, 1.807) is 0 Å². The molecule has 0 saturated heterocycles. The van der Waals surface area contributed by atoms with Crippen molar-refractivity contribution in [2.75, 3.05) is 12.1 Å². The molecule has 0 radical (unpaired) electrons. The van der Waals surface area contributed by atoms with Crippen LogP contribution >= 0.6 is 0 Å². The van der Waals surface area contributed by atoms with Crippen molar-refractivity contribution in [3.63, 3.8) is 0 Å². The topological polar surface area (TPSA) is 85.0 Å². The molecule has 0 aliphatic carbocycles. The molecule has 7 nitrogen and oxygen atoms in total. The fraction of sp³-hybridized carbons (Fsp3) is 0.214. The van der Waals surface area contributed by atoms with Gasteiger partial charge in [0.25, 0.3) is 0 Å². The van der Waals surface area contributed by atoms with Crippen LogP contribution in [0.3, 0.4) is 0 Å². The standard InChI is InChI=1S/C14H13N5O2/c1-8-18-12-13(16-6-17-14(12)19-8)15-5-9-2-3-10-11(4-9)21-7-20-10/h2-4,6H,5,7H2,1H3,(H2,15,16,17,18,19). The van der Waals surface area contributed by atoms with Crippen LogP contribution in [0.2, 0.25) is 0 Å². The van der Waals surface area contributed by atoms with E-state index in [4.69, 9.17) is 9.47 Å². The first-order valence-corrected chi connectivity index (χ1v) is 6.59.